The molecule has 1 aliphatic heterocycles. The molecule has 13 rings (SSSR count). The van der Waals surface area contributed by atoms with Crippen LogP contribution in [0.1, 0.15) is 79.2 Å². The zero-order valence-electron chi connectivity index (χ0n) is 59.6. The average Bonchev–Trinajstić information content (AvgIpc) is 1.71. The van der Waals surface area contributed by atoms with Gasteiger partial charge in [0.1, 0.15) is 0 Å². The van der Waals surface area contributed by atoms with Crippen LogP contribution in [0.3, 0.4) is 0 Å². The fraction of sp³-hybridized carbons (Fsp3) is 0.132. The molecular weight excluding hydrogens is 1200 g/mol. The second-order valence-corrected chi connectivity index (χ2v) is 22.4. The van der Waals surface area contributed by atoms with E-state index in [9.17, 15) is 9.60 Å². The molecular formula is C76H64BN5OPt-2. The number of aromatic nitrogens is 3. The molecule has 0 radical (unpaired) electrons. The number of ether oxygens (including phenoxy) is 1. The summed E-state index contributed by atoms with van der Waals surface area (Å²) in [6.45, 7) is -0.860. The third-order valence-electron chi connectivity index (χ3n) is 15.0. The van der Waals surface area contributed by atoms with E-state index in [1.165, 1.54) is 12.1 Å². The minimum absolute atomic E-state index is 0.000738. The summed E-state index contributed by atoms with van der Waals surface area (Å²) in [7, 11) is 0. The molecule has 414 valence electrons. The van der Waals surface area contributed by atoms with Gasteiger partial charge in [-0.1, -0.05) is 42.5 Å². The van der Waals surface area contributed by atoms with E-state index in [4.69, 9.17) is 17.9 Å². The van der Waals surface area contributed by atoms with Crippen LogP contribution in [0.4, 0.5) is 22.9 Å². The van der Waals surface area contributed by atoms with Crippen molar-refractivity contribution in [1.82, 2.24) is 14.1 Å². The molecule has 0 unspecified atom stereocenters. The molecule has 0 saturated heterocycles. The minimum atomic E-state index is -2.75. The number of aryl methyl sites for hydroxylation is 3. The molecule has 12 aromatic rings. The van der Waals surface area contributed by atoms with Gasteiger partial charge in [-0.2, -0.15) is 12.1 Å². The molecule has 0 spiro atoms. The zero-order valence-corrected chi connectivity index (χ0v) is 48.8. The van der Waals surface area contributed by atoms with Gasteiger partial charge in [0.15, 0.2) is 0 Å². The molecule has 3 heterocycles. The average molecular weight is 1280 g/mol. The maximum atomic E-state index is 10.5. The van der Waals surface area contributed by atoms with Crippen molar-refractivity contribution in [3.63, 3.8) is 0 Å². The van der Waals surface area contributed by atoms with E-state index >= 15 is 0 Å². The quantitative estimate of drug-likeness (QED) is 0.0803. The number of nitrogens with zero attached hydrogens (tertiary/aromatic N) is 5. The molecule has 0 fully saturated rings. The Morgan fingerprint density at radius 2 is 1.26 bits per heavy atom. The van der Waals surface area contributed by atoms with E-state index in [-0.39, 0.29) is 68.8 Å². The third-order valence-corrected chi connectivity index (χ3v) is 16.0. The fourth-order valence-corrected chi connectivity index (χ4v) is 12.4. The molecule has 6 nitrogen and oxygen atoms in total. The van der Waals surface area contributed by atoms with Crippen LogP contribution in [0, 0.1) is 42.4 Å². The number of hydrogen-bond donors (Lipinski definition) is 0. The molecule has 0 atom stereocenters. The van der Waals surface area contributed by atoms with Crippen molar-refractivity contribution < 1.29 is 41.9 Å². The van der Waals surface area contributed by atoms with Crippen LogP contribution in [0.2, 0.25) is 0 Å². The first-order valence-electron chi connectivity index (χ1n) is 34.4. The van der Waals surface area contributed by atoms with Gasteiger partial charge in [0, 0.05) is 9.80 Å². The summed E-state index contributed by atoms with van der Waals surface area (Å²) >= 11 is 2.23. The Bertz CT molecular complexity index is 5050. The Hall–Kier alpha value is -9.03. The summed E-state index contributed by atoms with van der Waals surface area (Å²) in [5.41, 5.74) is 9.47. The molecule has 8 heteroatoms. The zero-order chi connectivity index (χ0) is 68.6. The van der Waals surface area contributed by atoms with E-state index in [0.29, 0.717) is 65.5 Å². The molecule has 0 N–H and O–H groups in total. The Kier molecular flexibility index (Phi) is 11.2. The van der Waals surface area contributed by atoms with E-state index in [1.54, 1.807) is 80.6 Å². The van der Waals surface area contributed by atoms with Gasteiger partial charge in [0.05, 0.1) is 0 Å². The predicted molar refractivity (Wildman–Crippen MR) is 345 cm³/mol. The standard InChI is InChI=1S/C76H64BN5O.Pt/c1-51(2)40-56-44-67(59-30-21-24-53(5)41-59)75(68(45-56)62-47-60(52(3)4)46-61(48-62)57-26-11-8-12-27-57)80-50-79(69-36-17-18-37-70(69)80)64-33-23-35-66(49-64)83-76-74(58-28-13-9-14-29-58)55(7)43-73(78-76)82-72-39-20-19-38-71(72)81(65-34-22-25-54(6)42-65)77(82)63-31-15-10-16-32-63;/h8-38,41-48,51-52H,40H2,1-7H3;/q-2;/i5D3,6D3,7D3,40D2,44D,45D;. The number of anilines is 4. The van der Waals surface area contributed by atoms with Gasteiger partial charge >= 0.3 is 431 Å². The number of para-hydroxylation sites is 3. The molecule has 0 saturated carbocycles. The third kappa shape index (κ3) is 10.4. The van der Waals surface area contributed by atoms with Crippen LogP contribution in [0.5, 0.6) is 11.6 Å². The summed E-state index contributed by atoms with van der Waals surface area (Å²) in [5, 5.41) is 0. The number of imidazole rings is 1. The predicted octanol–water partition coefficient (Wildman–Crippen LogP) is 18.9. The Labute approximate surface area is 523 Å². The second kappa shape index (κ2) is 23.0. The molecule has 0 amide bonds. The number of benzene rings is 10. The number of fused-ring (bicyclic) bond motifs is 2. The van der Waals surface area contributed by atoms with Crippen molar-refractivity contribution in [2.24, 2.45) is 5.92 Å². The second-order valence-electron chi connectivity index (χ2n) is 21.4. The number of pyridine rings is 1. The van der Waals surface area contributed by atoms with Gasteiger partial charge in [-0.15, -0.1) is 6.07 Å². The molecule has 0 aliphatic carbocycles. The van der Waals surface area contributed by atoms with E-state index in [2.05, 4.69) is 51.4 Å². The van der Waals surface area contributed by atoms with Crippen molar-refractivity contribution in [2.45, 2.75) is 60.5 Å². The van der Waals surface area contributed by atoms with Crippen molar-refractivity contribution in [3.05, 3.63) is 280 Å². The number of rotatable bonds is 14. The van der Waals surface area contributed by atoms with Crippen LogP contribution in [0.15, 0.2) is 237 Å². The Balaban J connectivity index is 1.06. The van der Waals surface area contributed by atoms with Gasteiger partial charge in [-0.25, -0.2) is 0 Å². The van der Waals surface area contributed by atoms with Crippen LogP contribution >= 0.6 is 0 Å². The van der Waals surface area contributed by atoms with Crippen LogP contribution < -0.4 is 19.8 Å². The van der Waals surface area contributed by atoms with E-state index in [0.717, 1.165) is 22.2 Å². The summed E-state index contributed by atoms with van der Waals surface area (Å²) < 4.78 is 131. The van der Waals surface area contributed by atoms with Gasteiger partial charge in [0.25, 0.3) is 0 Å². The Morgan fingerprint density at radius 1 is 0.607 bits per heavy atom. The maximum absolute atomic E-state index is 10.5. The van der Waals surface area contributed by atoms with Crippen molar-refractivity contribution in [1.29, 1.82) is 0 Å². The van der Waals surface area contributed by atoms with Crippen LogP contribution in [0.25, 0.3) is 66.9 Å². The summed E-state index contributed by atoms with van der Waals surface area (Å²) in [6, 6.07) is 74.5. The first kappa shape index (κ1) is 41.0. The van der Waals surface area contributed by atoms with E-state index < -0.39 is 39.8 Å². The summed E-state index contributed by atoms with van der Waals surface area (Å²) in [6.07, 6.45) is -2.23. The van der Waals surface area contributed by atoms with Crippen molar-refractivity contribution in [2.75, 3.05) is 9.62 Å². The van der Waals surface area contributed by atoms with Gasteiger partial charge in [-0.05, 0) is 24.5 Å². The summed E-state index contributed by atoms with van der Waals surface area (Å²) in [5.74, 6) is -0.415. The van der Waals surface area contributed by atoms with Gasteiger partial charge in [0.2, 0.25) is 0 Å². The molecule has 1 aliphatic rings. The first-order chi connectivity index (χ1) is 46.2. The van der Waals surface area contributed by atoms with Crippen LogP contribution in [-0.2, 0) is 25.7 Å². The SMILES string of the molecule is [2H]c1c(-c2cc(-c3ccccc3)cc(C(C)C)c2)c(-n2[c](=[Pt])n(-c3[c-]c(Oc4nc(N5B(c6ccccc6)N(c6cccc(C([2H])([2H])[2H])c6)c6ccc[c-]c65)cc(C([2H])([2H])[2H])c4-c4ccccc4)ccc3)c3ccccc32)c(-c2cccc(C([2H])([2H])[2H])c2)c([2H])c1C([2H])([2H])C(C)C. The van der Waals surface area contributed by atoms with Gasteiger partial charge in [-0.3, -0.25) is 0 Å². The molecule has 10 aromatic carbocycles. The topological polar surface area (TPSA) is 38.5 Å². The normalized spacial score (nSPS) is 15.1. The van der Waals surface area contributed by atoms with Crippen molar-refractivity contribution >= 4 is 46.4 Å². The summed E-state index contributed by atoms with van der Waals surface area (Å²) in [4.78, 5) is 9.25. The fourth-order valence-electron chi connectivity index (χ4n) is 11.3. The molecule has 2 aromatic heterocycles. The molecule has 0 bridgehead atoms. The van der Waals surface area contributed by atoms with E-state index in [1.807, 2.05) is 158 Å². The monoisotopic (exact) mass is 1280 g/mol. The van der Waals surface area contributed by atoms with Gasteiger partial charge < -0.3 is 0 Å². The van der Waals surface area contributed by atoms with Crippen molar-refractivity contribution in [3.8, 4) is 67.5 Å². The Morgan fingerprint density at radius 3 is 1.99 bits per heavy atom. The molecule has 84 heavy (non-hydrogen) atoms. The first-order valence-corrected chi connectivity index (χ1v) is 29.1. The van der Waals surface area contributed by atoms with Crippen LogP contribution in [-0.4, -0.2) is 21.1 Å². The number of hydrogen-bond acceptors (Lipinski definition) is 4.